The molecule has 0 aliphatic carbocycles. The Morgan fingerprint density at radius 3 is 2.41 bits per heavy atom. The van der Waals surface area contributed by atoms with Gasteiger partial charge in [0.05, 0.1) is 16.1 Å². The molecule has 0 unspecified atom stereocenters. The maximum absolute atomic E-state index is 13.1. The van der Waals surface area contributed by atoms with E-state index >= 15 is 0 Å². The first-order valence-electron chi connectivity index (χ1n) is 10.8. The Bertz CT molecular complexity index is 1090. The monoisotopic (exact) mass is 461 g/mol. The van der Waals surface area contributed by atoms with Crippen molar-refractivity contribution in [1.82, 2.24) is 18.8 Å². The molecule has 3 heterocycles. The number of nitro benzene ring substituents is 1. The van der Waals surface area contributed by atoms with E-state index in [1.54, 1.807) is 19.4 Å². The zero-order valence-electron chi connectivity index (χ0n) is 18.0. The van der Waals surface area contributed by atoms with Crippen LogP contribution in [0.1, 0.15) is 37.3 Å². The number of nitro groups is 1. The van der Waals surface area contributed by atoms with E-state index in [9.17, 15) is 23.3 Å². The van der Waals surface area contributed by atoms with Crippen LogP contribution in [0.4, 0.5) is 5.69 Å². The third-order valence-corrected chi connectivity index (χ3v) is 8.57. The predicted molar refractivity (Wildman–Crippen MR) is 116 cm³/mol. The summed E-state index contributed by atoms with van der Waals surface area (Å²) in [6, 6.07) is 4.22. The Balaban J connectivity index is 1.36. The minimum atomic E-state index is -3.86. The molecule has 1 aromatic carbocycles. The highest BCUT2D eigenvalue weighted by Crippen LogP contribution is 2.30. The maximum atomic E-state index is 13.1. The van der Waals surface area contributed by atoms with Crippen molar-refractivity contribution in [1.29, 1.82) is 0 Å². The summed E-state index contributed by atoms with van der Waals surface area (Å²) in [6.07, 6.45) is 8.17. The van der Waals surface area contributed by atoms with Gasteiger partial charge < -0.3 is 9.47 Å². The van der Waals surface area contributed by atoms with Crippen LogP contribution in [0, 0.1) is 23.0 Å². The Morgan fingerprint density at radius 1 is 1.12 bits per heavy atom. The van der Waals surface area contributed by atoms with E-state index in [1.165, 1.54) is 16.4 Å². The van der Waals surface area contributed by atoms with Crippen molar-refractivity contribution in [3.8, 4) is 0 Å². The Morgan fingerprint density at radius 2 is 1.81 bits per heavy atom. The third-order valence-electron chi connectivity index (χ3n) is 6.53. The lowest BCUT2D eigenvalue weighted by Crippen LogP contribution is -2.46. The summed E-state index contributed by atoms with van der Waals surface area (Å²) in [5.74, 6) is -0.102. The van der Waals surface area contributed by atoms with Crippen LogP contribution in [-0.4, -0.2) is 64.2 Å². The topological polar surface area (TPSA) is 119 Å². The van der Waals surface area contributed by atoms with Crippen molar-refractivity contribution in [2.24, 2.45) is 5.92 Å². The van der Waals surface area contributed by atoms with Crippen LogP contribution in [0.25, 0.3) is 0 Å². The number of piperidine rings is 2. The first-order chi connectivity index (χ1) is 15.3. The molecule has 2 saturated heterocycles. The normalized spacial score (nSPS) is 19.2. The number of imidazole rings is 1. The maximum Gasteiger partial charge on any atom is 0.270 e. The van der Waals surface area contributed by atoms with E-state index in [2.05, 4.69) is 9.55 Å². The summed E-state index contributed by atoms with van der Waals surface area (Å²) < 4.78 is 29.6. The quantitative estimate of drug-likeness (QED) is 0.498. The number of carbonyl (C=O) groups is 1. The number of rotatable bonds is 5. The third kappa shape index (κ3) is 4.40. The number of non-ortho nitro benzene ring substituents is 1. The van der Waals surface area contributed by atoms with Gasteiger partial charge in [-0.15, -0.1) is 0 Å². The van der Waals surface area contributed by atoms with E-state index in [1.807, 2.05) is 11.1 Å². The molecule has 2 aromatic rings. The van der Waals surface area contributed by atoms with Gasteiger partial charge >= 0.3 is 0 Å². The van der Waals surface area contributed by atoms with Crippen LogP contribution in [0.5, 0.6) is 0 Å². The van der Waals surface area contributed by atoms with E-state index < -0.39 is 14.9 Å². The fourth-order valence-electron chi connectivity index (χ4n) is 4.59. The van der Waals surface area contributed by atoms with Gasteiger partial charge in [-0.2, -0.15) is 4.31 Å². The zero-order chi connectivity index (χ0) is 22.9. The summed E-state index contributed by atoms with van der Waals surface area (Å²) >= 11 is 0. The lowest BCUT2D eigenvalue weighted by atomic mass is 9.95. The zero-order valence-corrected chi connectivity index (χ0v) is 18.8. The van der Waals surface area contributed by atoms with Crippen LogP contribution in [0.15, 0.2) is 41.8 Å². The Labute approximate surface area is 187 Å². The van der Waals surface area contributed by atoms with Gasteiger partial charge in [0.15, 0.2) is 0 Å². The molecule has 0 atom stereocenters. The Hall–Kier alpha value is -2.79. The van der Waals surface area contributed by atoms with Crippen molar-refractivity contribution in [2.75, 3.05) is 26.2 Å². The molecular formula is C21H27N5O5S. The molecule has 2 fully saturated rings. The van der Waals surface area contributed by atoms with Crippen LogP contribution >= 0.6 is 0 Å². The predicted octanol–water partition coefficient (Wildman–Crippen LogP) is 2.36. The van der Waals surface area contributed by atoms with Gasteiger partial charge in [0, 0.05) is 62.7 Å². The minimum absolute atomic E-state index is 0.0435. The number of nitrogens with zero attached hydrogens (tertiary/aromatic N) is 5. The summed E-state index contributed by atoms with van der Waals surface area (Å²) in [5, 5.41) is 11.1. The fourth-order valence-corrected chi connectivity index (χ4v) is 6.30. The minimum Gasteiger partial charge on any atom is -0.342 e. The summed E-state index contributed by atoms with van der Waals surface area (Å²) in [6.45, 7) is 3.46. The number of likely N-dealkylation sites (tertiary alicyclic amines) is 1. The first-order valence-corrected chi connectivity index (χ1v) is 12.2. The summed E-state index contributed by atoms with van der Waals surface area (Å²) in [7, 11) is -3.86. The lowest BCUT2D eigenvalue weighted by molar-refractivity contribution is -0.385. The van der Waals surface area contributed by atoms with E-state index in [-0.39, 0.29) is 35.5 Å². The van der Waals surface area contributed by atoms with Crippen molar-refractivity contribution in [2.45, 2.75) is 43.5 Å². The highest BCUT2D eigenvalue weighted by molar-refractivity contribution is 7.89. The molecule has 10 nitrogen and oxygen atoms in total. The van der Waals surface area contributed by atoms with Crippen LogP contribution in [-0.2, 0) is 14.8 Å². The molecule has 0 radical (unpaired) electrons. The molecule has 0 N–H and O–H groups in total. The van der Waals surface area contributed by atoms with Crippen LogP contribution in [0.2, 0.25) is 0 Å². The molecule has 2 aliphatic heterocycles. The second kappa shape index (κ2) is 8.99. The smallest absolute Gasteiger partial charge is 0.270 e. The average molecular weight is 462 g/mol. The first kappa shape index (κ1) is 22.4. The van der Waals surface area contributed by atoms with Gasteiger partial charge in [0.2, 0.25) is 15.9 Å². The molecule has 172 valence electrons. The second-order valence-electron chi connectivity index (χ2n) is 8.45. The van der Waals surface area contributed by atoms with Crippen molar-refractivity contribution >= 4 is 21.6 Å². The van der Waals surface area contributed by atoms with Crippen molar-refractivity contribution < 1.29 is 18.1 Å². The molecule has 11 heteroatoms. The van der Waals surface area contributed by atoms with Crippen LogP contribution < -0.4 is 0 Å². The molecular weight excluding hydrogens is 434 g/mol. The molecule has 2 aliphatic rings. The highest BCUT2D eigenvalue weighted by Gasteiger charge is 2.36. The molecule has 0 bridgehead atoms. The number of aryl methyl sites for hydroxylation is 1. The number of hydrogen-bond acceptors (Lipinski definition) is 6. The largest absolute Gasteiger partial charge is 0.342 e. The molecule has 4 rings (SSSR count). The van der Waals surface area contributed by atoms with Gasteiger partial charge in [-0.25, -0.2) is 13.4 Å². The van der Waals surface area contributed by atoms with Gasteiger partial charge in [-0.1, -0.05) is 6.07 Å². The summed E-state index contributed by atoms with van der Waals surface area (Å²) in [5.41, 5.74) is 0.216. The highest BCUT2D eigenvalue weighted by atomic mass is 32.2. The van der Waals surface area contributed by atoms with Crippen molar-refractivity contribution in [3.05, 3.63) is 52.6 Å². The summed E-state index contributed by atoms with van der Waals surface area (Å²) in [4.78, 5) is 29.4. The fraction of sp³-hybridized carbons (Fsp3) is 0.524. The van der Waals surface area contributed by atoms with Gasteiger partial charge in [-0.3, -0.25) is 14.9 Å². The second-order valence-corrected chi connectivity index (χ2v) is 10.4. The molecule has 0 spiro atoms. The average Bonchev–Trinajstić information content (AvgIpc) is 3.34. The number of amides is 1. The molecule has 0 saturated carbocycles. The number of hydrogen-bond donors (Lipinski definition) is 0. The van der Waals surface area contributed by atoms with E-state index in [0.717, 1.165) is 18.9 Å². The lowest BCUT2D eigenvalue weighted by Gasteiger charge is -2.37. The molecule has 1 aromatic heterocycles. The number of sulfonamides is 1. The molecule has 32 heavy (non-hydrogen) atoms. The van der Waals surface area contributed by atoms with Gasteiger partial charge in [-0.05, 0) is 38.2 Å². The van der Waals surface area contributed by atoms with E-state index in [0.29, 0.717) is 37.5 Å². The number of benzene rings is 1. The van der Waals surface area contributed by atoms with Crippen LogP contribution in [0.3, 0.4) is 0 Å². The number of aromatic nitrogens is 2. The van der Waals surface area contributed by atoms with E-state index in [4.69, 9.17) is 0 Å². The number of carbonyl (C=O) groups excluding carboxylic acids is 1. The Kier molecular flexibility index (Phi) is 6.29. The van der Waals surface area contributed by atoms with Gasteiger partial charge in [0.25, 0.3) is 5.69 Å². The van der Waals surface area contributed by atoms with Crippen molar-refractivity contribution in [3.63, 3.8) is 0 Å². The standard InChI is InChI=1S/C21H27N5O5S/c1-16-2-3-19(26(28)29)14-20(16)32(30,31)25-11-4-17(5-12-25)21(27)23-9-6-18(7-10-23)24-13-8-22-15-24/h2-3,8,13-15,17-18H,4-7,9-12H2,1H3. The SMILES string of the molecule is Cc1ccc([N+](=O)[O-])cc1S(=O)(=O)N1CCC(C(=O)N2CCC(n3ccnc3)CC2)CC1. The van der Waals surface area contributed by atoms with Gasteiger partial charge in [0.1, 0.15) is 0 Å². The molecule has 1 amide bonds.